The van der Waals surface area contributed by atoms with E-state index >= 15 is 0 Å². The van der Waals surface area contributed by atoms with E-state index in [0.717, 1.165) is 31.6 Å². The van der Waals surface area contributed by atoms with Gasteiger partial charge >= 0.3 is 0 Å². The molecule has 0 aromatic carbocycles. The van der Waals surface area contributed by atoms with Crippen molar-refractivity contribution in [2.24, 2.45) is 11.7 Å². The summed E-state index contributed by atoms with van der Waals surface area (Å²) in [5.74, 6) is 0.911. The number of nitrogens with zero attached hydrogens (tertiary/aromatic N) is 2. The zero-order valence-electron chi connectivity index (χ0n) is 13.4. The summed E-state index contributed by atoms with van der Waals surface area (Å²) in [6.45, 7) is 6.70. The zero-order valence-corrected chi connectivity index (χ0v) is 13.4. The average molecular weight is 277 g/mol. The van der Waals surface area contributed by atoms with Crippen LogP contribution in [0.5, 0.6) is 0 Å². The maximum Gasteiger partial charge on any atom is 0.0643 e. The number of hydrogen-bond acceptors (Lipinski definition) is 2. The van der Waals surface area contributed by atoms with Crippen LogP contribution in [0.1, 0.15) is 77.5 Å². The van der Waals surface area contributed by atoms with Crippen molar-refractivity contribution >= 4 is 0 Å². The molecule has 1 heterocycles. The highest BCUT2D eigenvalue weighted by molar-refractivity contribution is 5.07. The molecule has 0 saturated heterocycles. The van der Waals surface area contributed by atoms with Gasteiger partial charge in [0.05, 0.1) is 5.69 Å². The highest BCUT2D eigenvalue weighted by atomic mass is 15.3. The third-order valence-electron chi connectivity index (χ3n) is 5.04. The lowest BCUT2D eigenvalue weighted by atomic mass is 9.74. The molecule has 114 valence electrons. The largest absolute Gasteiger partial charge is 0.325 e. The van der Waals surface area contributed by atoms with Gasteiger partial charge in [-0.05, 0) is 51.0 Å². The predicted molar refractivity (Wildman–Crippen MR) is 84.7 cm³/mol. The van der Waals surface area contributed by atoms with Crippen LogP contribution in [0, 0.1) is 5.92 Å². The maximum atomic E-state index is 6.62. The minimum atomic E-state index is -0.0150. The van der Waals surface area contributed by atoms with Crippen molar-refractivity contribution in [3.05, 3.63) is 18.0 Å². The van der Waals surface area contributed by atoms with Crippen molar-refractivity contribution in [1.82, 2.24) is 9.78 Å². The van der Waals surface area contributed by atoms with E-state index in [1.165, 1.54) is 31.4 Å². The summed E-state index contributed by atoms with van der Waals surface area (Å²) in [5.41, 5.74) is 7.77. The van der Waals surface area contributed by atoms with Gasteiger partial charge in [0.25, 0.3) is 0 Å². The van der Waals surface area contributed by atoms with Gasteiger partial charge in [0.15, 0.2) is 0 Å². The molecule has 1 saturated carbocycles. The molecule has 0 radical (unpaired) electrons. The summed E-state index contributed by atoms with van der Waals surface area (Å²) >= 11 is 0. The number of aromatic nitrogens is 2. The van der Waals surface area contributed by atoms with E-state index < -0.39 is 0 Å². The van der Waals surface area contributed by atoms with Crippen molar-refractivity contribution in [2.75, 3.05) is 0 Å². The molecule has 0 aliphatic heterocycles. The Morgan fingerprint density at radius 3 is 2.70 bits per heavy atom. The highest BCUT2D eigenvalue weighted by Crippen LogP contribution is 2.34. The fourth-order valence-electron chi connectivity index (χ4n) is 3.39. The topological polar surface area (TPSA) is 43.8 Å². The minimum absolute atomic E-state index is 0.0150. The first kappa shape index (κ1) is 15.6. The molecule has 20 heavy (non-hydrogen) atoms. The third-order valence-corrected chi connectivity index (χ3v) is 5.04. The molecule has 2 rings (SSSR count). The third kappa shape index (κ3) is 3.85. The summed E-state index contributed by atoms with van der Waals surface area (Å²) in [6, 6.07) is 2.64. The fraction of sp³-hybridized carbons (Fsp3) is 0.824. The van der Waals surface area contributed by atoms with Crippen LogP contribution in [0.3, 0.4) is 0 Å². The lowest BCUT2D eigenvalue weighted by molar-refractivity contribution is 0.221. The van der Waals surface area contributed by atoms with E-state index in [-0.39, 0.29) is 5.54 Å². The Kier molecular flexibility index (Phi) is 5.25. The van der Waals surface area contributed by atoms with Crippen LogP contribution >= 0.6 is 0 Å². The van der Waals surface area contributed by atoms with Gasteiger partial charge in [-0.15, -0.1) is 0 Å². The van der Waals surface area contributed by atoms with Gasteiger partial charge in [0.1, 0.15) is 0 Å². The van der Waals surface area contributed by atoms with Crippen LogP contribution in [-0.4, -0.2) is 15.3 Å². The molecule has 0 amide bonds. The molecule has 1 aromatic rings. The highest BCUT2D eigenvalue weighted by Gasteiger charge is 2.32. The predicted octanol–water partition coefficient (Wildman–Crippen LogP) is 4.08. The molecule has 3 nitrogen and oxygen atoms in total. The first-order valence-corrected chi connectivity index (χ1v) is 8.39. The van der Waals surface area contributed by atoms with Crippen LogP contribution in [0.4, 0.5) is 0 Å². The van der Waals surface area contributed by atoms with E-state index in [9.17, 15) is 0 Å². The molecule has 1 atom stereocenters. The van der Waals surface area contributed by atoms with Gasteiger partial charge in [0, 0.05) is 24.2 Å². The fourth-order valence-corrected chi connectivity index (χ4v) is 3.39. The van der Waals surface area contributed by atoms with E-state index in [1.54, 1.807) is 0 Å². The Bertz CT molecular complexity index is 402. The molecule has 1 aliphatic carbocycles. The summed E-state index contributed by atoms with van der Waals surface area (Å²) in [7, 11) is 0. The Balaban J connectivity index is 1.91. The van der Waals surface area contributed by atoms with Gasteiger partial charge in [-0.25, -0.2) is 0 Å². The second kappa shape index (κ2) is 6.75. The molecule has 1 aliphatic rings. The van der Waals surface area contributed by atoms with Crippen molar-refractivity contribution in [3.8, 4) is 0 Å². The Hall–Kier alpha value is -0.830. The lowest BCUT2D eigenvalue weighted by Gasteiger charge is -2.37. The number of nitrogens with two attached hydrogens (primary N) is 1. The molecule has 0 spiro atoms. The normalized spacial score (nSPS) is 28.5. The van der Waals surface area contributed by atoms with E-state index in [1.807, 2.05) is 0 Å². The summed E-state index contributed by atoms with van der Waals surface area (Å²) in [6.07, 6.45) is 11.8. The van der Waals surface area contributed by atoms with Crippen LogP contribution in [0.15, 0.2) is 12.3 Å². The molecule has 1 unspecified atom stereocenters. The lowest BCUT2D eigenvalue weighted by Crippen LogP contribution is -2.45. The minimum Gasteiger partial charge on any atom is -0.325 e. The smallest absolute Gasteiger partial charge is 0.0643 e. The maximum absolute atomic E-state index is 6.62. The van der Waals surface area contributed by atoms with Crippen molar-refractivity contribution in [2.45, 2.75) is 83.7 Å². The molecular formula is C17H31N3. The second-order valence-corrected chi connectivity index (χ2v) is 6.82. The van der Waals surface area contributed by atoms with Crippen LogP contribution in [0.2, 0.25) is 0 Å². The SMILES string of the molecule is CCCC1CCC(N)(Cc2ccn(C(C)CC)n2)CC1. The Morgan fingerprint density at radius 1 is 1.40 bits per heavy atom. The molecule has 3 heteroatoms. The van der Waals surface area contributed by atoms with E-state index in [2.05, 4.69) is 37.7 Å². The summed E-state index contributed by atoms with van der Waals surface area (Å²) < 4.78 is 2.08. The van der Waals surface area contributed by atoms with Gasteiger partial charge in [0.2, 0.25) is 0 Å². The van der Waals surface area contributed by atoms with Crippen LogP contribution < -0.4 is 5.73 Å². The quantitative estimate of drug-likeness (QED) is 0.851. The van der Waals surface area contributed by atoms with Crippen LogP contribution in [0.25, 0.3) is 0 Å². The summed E-state index contributed by atoms with van der Waals surface area (Å²) in [4.78, 5) is 0. The number of rotatable bonds is 6. The van der Waals surface area contributed by atoms with Gasteiger partial charge in [-0.2, -0.15) is 5.10 Å². The second-order valence-electron chi connectivity index (χ2n) is 6.82. The number of hydrogen-bond donors (Lipinski definition) is 1. The van der Waals surface area contributed by atoms with Gasteiger partial charge < -0.3 is 5.73 Å². The Labute approximate surface area is 123 Å². The molecular weight excluding hydrogens is 246 g/mol. The molecule has 0 bridgehead atoms. The van der Waals surface area contributed by atoms with Crippen molar-refractivity contribution in [1.29, 1.82) is 0 Å². The molecule has 1 aromatic heterocycles. The first-order chi connectivity index (χ1) is 9.56. The molecule has 2 N–H and O–H groups in total. The van der Waals surface area contributed by atoms with Gasteiger partial charge in [-0.3, -0.25) is 4.68 Å². The standard InChI is InChI=1S/C17H31N3/c1-4-6-15-7-10-17(18,11-8-15)13-16-9-12-20(19-16)14(3)5-2/h9,12,14-15H,4-8,10-11,13,18H2,1-3H3. The van der Waals surface area contributed by atoms with E-state index in [4.69, 9.17) is 10.8 Å². The molecule has 1 fully saturated rings. The van der Waals surface area contributed by atoms with E-state index in [0.29, 0.717) is 6.04 Å². The van der Waals surface area contributed by atoms with Crippen molar-refractivity contribution < 1.29 is 0 Å². The Morgan fingerprint density at radius 2 is 2.10 bits per heavy atom. The zero-order chi connectivity index (χ0) is 14.6. The van der Waals surface area contributed by atoms with Gasteiger partial charge in [-0.1, -0.05) is 26.7 Å². The average Bonchev–Trinajstić information content (AvgIpc) is 2.89. The van der Waals surface area contributed by atoms with Crippen LogP contribution in [-0.2, 0) is 6.42 Å². The monoisotopic (exact) mass is 277 g/mol. The first-order valence-electron chi connectivity index (χ1n) is 8.39. The van der Waals surface area contributed by atoms with Crippen molar-refractivity contribution in [3.63, 3.8) is 0 Å². The summed E-state index contributed by atoms with van der Waals surface area (Å²) in [5, 5.41) is 4.71.